The fraction of sp³-hybridized carbons (Fsp3) is 0.316. The summed E-state index contributed by atoms with van der Waals surface area (Å²) in [5.74, 6) is 1.31. The zero-order valence-corrected chi connectivity index (χ0v) is 14.3. The summed E-state index contributed by atoms with van der Waals surface area (Å²) in [6.07, 6.45) is 2.46. The maximum Gasteiger partial charge on any atom is 0.241 e. The third kappa shape index (κ3) is 3.40. The maximum absolute atomic E-state index is 6.09. The number of aromatic nitrogens is 2. The van der Waals surface area contributed by atoms with Gasteiger partial charge in [-0.25, -0.2) is 4.68 Å². The Morgan fingerprint density at radius 2 is 1.88 bits per heavy atom. The van der Waals surface area contributed by atoms with Gasteiger partial charge >= 0.3 is 0 Å². The molecule has 0 aliphatic carbocycles. The smallest absolute Gasteiger partial charge is 0.241 e. The van der Waals surface area contributed by atoms with Crippen LogP contribution >= 0.6 is 12.4 Å². The van der Waals surface area contributed by atoms with Crippen LogP contribution in [0.4, 0.5) is 0 Å². The van der Waals surface area contributed by atoms with Gasteiger partial charge in [0.05, 0.1) is 23.2 Å². The lowest BCUT2D eigenvalue weighted by molar-refractivity contribution is 0.213. The van der Waals surface area contributed by atoms with Crippen LogP contribution in [0.25, 0.3) is 16.6 Å². The summed E-state index contributed by atoms with van der Waals surface area (Å²) in [5, 5.41) is 9.22. The van der Waals surface area contributed by atoms with Crippen LogP contribution in [0.3, 0.4) is 0 Å². The van der Waals surface area contributed by atoms with Crippen molar-refractivity contribution in [2.75, 3.05) is 19.7 Å². The van der Waals surface area contributed by atoms with Crippen LogP contribution in [0.5, 0.6) is 5.88 Å². The molecule has 2 aromatic carbocycles. The van der Waals surface area contributed by atoms with Crippen molar-refractivity contribution in [3.63, 3.8) is 0 Å². The lowest BCUT2D eigenvalue weighted by Gasteiger charge is -2.22. The van der Waals surface area contributed by atoms with Crippen LogP contribution in [0.2, 0.25) is 0 Å². The number of rotatable bonds is 4. The molecule has 2 heterocycles. The number of halogens is 1. The molecule has 1 fully saturated rings. The molecule has 1 atom stereocenters. The van der Waals surface area contributed by atoms with E-state index >= 15 is 0 Å². The summed E-state index contributed by atoms with van der Waals surface area (Å²) in [6, 6.07) is 18.4. The lowest BCUT2D eigenvalue weighted by atomic mass is 10.0. The average Bonchev–Trinajstić information content (AvgIpc) is 3.01. The SMILES string of the molecule is Cl.c1ccc(-n2nc(OCC3CCCNC3)c3ccccc32)cc1. The van der Waals surface area contributed by atoms with E-state index in [0.29, 0.717) is 5.92 Å². The second kappa shape index (κ2) is 7.69. The standard InChI is InChI=1S/C19H21N3O.ClH/c1-2-8-16(9-3-1)22-18-11-5-4-10-17(18)19(21-22)23-14-15-7-6-12-20-13-15;/h1-5,8-11,15,20H,6-7,12-14H2;1H. The summed E-state index contributed by atoms with van der Waals surface area (Å²) in [5.41, 5.74) is 2.13. The molecular formula is C19H22ClN3O. The molecule has 4 nitrogen and oxygen atoms in total. The third-order valence-electron chi connectivity index (χ3n) is 4.41. The normalized spacial score (nSPS) is 17.4. The van der Waals surface area contributed by atoms with E-state index in [4.69, 9.17) is 9.84 Å². The molecule has 24 heavy (non-hydrogen) atoms. The molecule has 0 bridgehead atoms. The van der Waals surface area contributed by atoms with Crippen LogP contribution in [0, 0.1) is 5.92 Å². The van der Waals surface area contributed by atoms with E-state index in [9.17, 15) is 0 Å². The highest BCUT2D eigenvalue weighted by Gasteiger charge is 2.17. The maximum atomic E-state index is 6.09. The minimum Gasteiger partial charge on any atom is -0.476 e. The Morgan fingerprint density at radius 1 is 1.08 bits per heavy atom. The van der Waals surface area contributed by atoms with E-state index in [1.807, 2.05) is 35.0 Å². The Hall–Kier alpha value is -2.04. The molecule has 5 heteroatoms. The summed E-state index contributed by atoms with van der Waals surface area (Å²) in [6.45, 7) is 2.89. The Morgan fingerprint density at radius 3 is 2.67 bits per heavy atom. The minimum absolute atomic E-state index is 0. The second-order valence-electron chi connectivity index (χ2n) is 6.09. The first-order valence-corrected chi connectivity index (χ1v) is 8.28. The molecule has 4 rings (SSSR count). The zero-order chi connectivity index (χ0) is 15.5. The van der Waals surface area contributed by atoms with Gasteiger partial charge in [0.1, 0.15) is 0 Å². The van der Waals surface area contributed by atoms with Crippen LogP contribution in [-0.2, 0) is 0 Å². The van der Waals surface area contributed by atoms with Gasteiger partial charge in [-0.2, -0.15) is 0 Å². The van der Waals surface area contributed by atoms with E-state index < -0.39 is 0 Å². The zero-order valence-electron chi connectivity index (χ0n) is 13.5. The highest BCUT2D eigenvalue weighted by Crippen LogP contribution is 2.28. The number of para-hydroxylation sites is 2. The summed E-state index contributed by atoms with van der Waals surface area (Å²) < 4.78 is 8.05. The van der Waals surface area contributed by atoms with Crippen molar-refractivity contribution >= 4 is 23.3 Å². The van der Waals surface area contributed by atoms with Crippen LogP contribution in [0.1, 0.15) is 12.8 Å². The molecule has 0 amide bonds. The number of nitrogens with zero attached hydrogens (tertiary/aromatic N) is 2. The molecule has 126 valence electrons. The molecule has 0 saturated carbocycles. The average molecular weight is 344 g/mol. The predicted molar refractivity (Wildman–Crippen MR) is 99.4 cm³/mol. The molecule has 1 aromatic heterocycles. The van der Waals surface area contributed by atoms with E-state index in [-0.39, 0.29) is 12.4 Å². The van der Waals surface area contributed by atoms with Gasteiger partial charge < -0.3 is 10.1 Å². The number of piperidine rings is 1. The van der Waals surface area contributed by atoms with Gasteiger partial charge in [0, 0.05) is 12.5 Å². The quantitative estimate of drug-likeness (QED) is 0.782. The molecule has 3 aromatic rings. The Balaban J connectivity index is 0.00000169. The summed E-state index contributed by atoms with van der Waals surface area (Å²) in [7, 11) is 0. The van der Waals surface area contributed by atoms with Gasteiger partial charge in [-0.1, -0.05) is 30.3 Å². The van der Waals surface area contributed by atoms with Gasteiger partial charge in [-0.05, 0) is 43.7 Å². The van der Waals surface area contributed by atoms with Crippen LogP contribution < -0.4 is 10.1 Å². The van der Waals surface area contributed by atoms with Crippen molar-refractivity contribution in [3.8, 4) is 11.6 Å². The highest BCUT2D eigenvalue weighted by molar-refractivity contribution is 5.86. The molecular weight excluding hydrogens is 322 g/mol. The molecule has 0 spiro atoms. The van der Waals surface area contributed by atoms with Crippen LogP contribution in [-0.4, -0.2) is 29.5 Å². The molecule has 1 aliphatic heterocycles. The van der Waals surface area contributed by atoms with E-state index in [1.165, 1.54) is 12.8 Å². The van der Waals surface area contributed by atoms with Crippen molar-refractivity contribution in [2.45, 2.75) is 12.8 Å². The number of ether oxygens (including phenoxy) is 1. The van der Waals surface area contributed by atoms with Crippen LogP contribution in [0.15, 0.2) is 54.6 Å². The predicted octanol–water partition coefficient (Wildman–Crippen LogP) is 3.83. The fourth-order valence-corrected chi connectivity index (χ4v) is 3.17. The number of nitrogens with one attached hydrogen (secondary N) is 1. The van der Waals surface area contributed by atoms with Crippen molar-refractivity contribution in [3.05, 3.63) is 54.6 Å². The number of hydrogen-bond acceptors (Lipinski definition) is 3. The minimum atomic E-state index is 0. The largest absolute Gasteiger partial charge is 0.476 e. The van der Waals surface area contributed by atoms with Gasteiger partial charge in [0.15, 0.2) is 0 Å². The van der Waals surface area contributed by atoms with Gasteiger partial charge in [-0.3, -0.25) is 0 Å². The first-order valence-electron chi connectivity index (χ1n) is 8.28. The lowest BCUT2D eigenvalue weighted by Crippen LogP contribution is -2.33. The van der Waals surface area contributed by atoms with Gasteiger partial charge in [-0.15, -0.1) is 17.5 Å². The molecule has 1 N–H and O–H groups in total. The third-order valence-corrected chi connectivity index (χ3v) is 4.41. The molecule has 1 saturated heterocycles. The van der Waals surface area contributed by atoms with E-state index in [2.05, 4.69) is 29.6 Å². The van der Waals surface area contributed by atoms with Gasteiger partial charge in [0.25, 0.3) is 0 Å². The number of hydrogen-bond donors (Lipinski definition) is 1. The van der Waals surface area contributed by atoms with Crippen molar-refractivity contribution in [2.24, 2.45) is 5.92 Å². The first-order chi connectivity index (χ1) is 11.4. The van der Waals surface area contributed by atoms with E-state index in [1.54, 1.807) is 0 Å². The van der Waals surface area contributed by atoms with Crippen molar-refractivity contribution in [1.82, 2.24) is 15.1 Å². The Kier molecular flexibility index (Phi) is 5.38. The fourth-order valence-electron chi connectivity index (χ4n) is 3.17. The molecule has 0 radical (unpaired) electrons. The highest BCUT2D eigenvalue weighted by atomic mass is 35.5. The first kappa shape index (κ1) is 16.8. The summed E-state index contributed by atoms with van der Waals surface area (Å²) in [4.78, 5) is 0. The molecule has 1 aliphatic rings. The van der Waals surface area contributed by atoms with Gasteiger partial charge in [0.2, 0.25) is 5.88 Å². The van der Waals surface area contributed by atoms with Crippen molar-refractivity contribution < 1.29 is 4.74 Å². The second-order valence-corrected chi connectivity index (χ2v) is 6.09. The topological polar surface area (TPSA) is 39.1 Å². The molecule has 1 unspecified atom stereocenters. The summed E-state index contributed by atoms with van der Waals surface area (Å²) >= 11 is 0. The van der Waals surface area contributed by atoms with Crippen molar-refractivity contribution in [1.29, 1.82) is 0 Å². The Labute approximate surface area is 148 Å². The number of fused-ring (bicyclic) bond motifs is 1. The monoisotopic (exact) mass is 343 g/mol. The number of benzene rings is 2. The Bertz CT molecular complexity index is 782. The van der Waals surface area contributed by atoms with E-state index in [0.717, 1.165) is 42.2 Å².